The molecule has 2 heterocycles. The third-order valence-corrected chi connectivity index (χ3v) is 23.4. The number of hydrogen-bond donors (Lipinski definition) is 1. The Morgan fingerprint density at radius 2 is 1.54 bits per heavy atom. The van der Waals surface area contributed by atoms with Gasteiger partial charge in [-0.25, -0.2) is 0 Å². The number of nitrogens with zero attached hydrogens (tertiary/aromatic N) is 5. The van der Waals surface area contributed by atoms with Crippen LogP contribution in [0.25, 0.3) is 0 Å². The van der Waals surface area contributed by atoms with Gasteiger partial charge in [-0.05, 0) is 0 Å². The first kappa shape index (κ1) is 42.5. The van der Waals surface area contributed by atoms with E-state index in [0.717, 1.165) is 59.7 Å². The molecule has 2 N–H and O–H groups in total. The molecular formula is C37H57N6O8Sn+. The molecule has 286 valence electrons. The van der Waals surface area contributed by atoms with Crippen molar-refractivity contribution in [3.05, 3.63) is 48.0 Å². The van der Waals surface area contributed by atoms with Crippen LogP contribution in [0.15, 0.2) is 41.9 Å². The number of imidazole rings is 1. The first-order valence-corrected chi connectivity index (χ1v) is 25.6. The number of carbonyl (C=O) groups excluding carboxylic acids is 5. The second kappa shape index (κ2) is 18.2. The van der Waals surface area contributed by atoms with Gasteiger partial charge in [0.05, 0.1) is 0 Å². The van der Waals surface area contributed by atoms with E-state index in [0.29, 0.717) is 5.06 Å². The molecule has 0 atom stereocenters. The Hall–Kier alpha value is -3.95. The number of amides is 4. The first-order chi connectivity index (χ1) is 24.3. The predicted molar refractivity (Wildman–Crippen MR) is 198 cm³/mol. The first-order valence-electron chi connectivity index (χ1n) is 18.1. The molecule has 1 fully saturated rings. The summed E-state index contributed by atoms with van der Waals surface area (Å²) in [7, 11) is 0. The normalized spacial score (nSPS) is 14.1. The van der Waals surface area contributed by atoms with Crippen LogP contribution < -0.4 is 13.9 Å². The summed E-state index contributed by atoms with van der Waals surface area (Å²) >= 11 is -3.72. The zero-order chi connectivity index (χ0) is 38.9. The van der Waals surface area contributed by atoms with Gasteiger partial charge in [-0.15, -0.1) is 0 Å². The van der Waals surface area contributed by atoms with Crippen LogP contribution in [0.1, 0.15) is 117 Å². The fraction of sp³-hybridized carbons (Fsp3) is 0.595. The summed E-state index contributed by atoms with van der Waals surface area (Å²) in [4.78, 5) is 75.2. The van der Waals surface area contributed by atoms with Crippen LogP contribution in [-0.2, 0) is 41.6 Å². The van der Waals surface area contributed by atoms with Gasteiger partial charge in [0.2, 0.25) is 0 Å². The number of unbranched alkanes of at least 4 members (excludes halogenated alkanes) is 2. The van der Waals surface area contributed by atoms with E-state index >= 15 is 0 Å². The van der Waals surface area contributed by atoms with E-state index in [1.54, 1.807) is 53.7 Å². The number of guanidine groups is 1. The monoisotopic (exact) mass is 833 g/mol. The maximum atomic E-state index is 13.8. The van der Waals surface area contributed by atoms with Gasteiger partial charge in [0.1, 0.15) is 0 Å². The summed E-state index contributed by atoms with van der Waals surface area (Å²) in [5.74, 6) is -2.37. The van der Waals surface area contributed by atoms with Crippen LogP contribution in [0.2, 0.25) is 8.87 Å². The number of aryl methyl sites for hydroxylation is 1. The Labute approximate surface area is 311 Å². The zero-order valence-corrected chi connectivity index (χ0v) is 35.2. The number of carbonyl (C=O) groups is 5. The number of aliphatic imine (C=N–C) groups is 1. The molecule has 0 spiro atoms. The molecule has 0 aliphatic carbocycles. The quantitative estimate of drug-likeness (QED) is 0.0851. The van der Waals surface area contributed by atoms with Crippen molar-refractivity contribution in [1.29, 1.82) is 0 Å². The van der Waals surface area contributed by atoms with Crippen LogP contribution in [0.3, 0.4) is 0 Å². The van der Waals surface area contributed by atoms with Crippen LogP contribution in [-0.4, -0.2) is 80.0 Å². The van der Waals surface area contributed by atoms with Crippen molar-refractivity contribution in [2.75, 3.05) is 0 Å². The van der Waals surface area contributed by atoms with Crippen LogP contribution >= 0.6 is 0 Å². The average molecular weight is 833 g/mol. The van der Waals surface area contributed by atoms with Crippen LogP contribution in [0.4, 0.5) is 9.59 Å². The number of rotatable bonds is 14. The fourth-order valence-electron chi connectivity index (χ4n) is 6.03. The standard InChI is InChI=1S/C23H29N4O8.C6H10N2.2C4H9.Sn/c1-22(2,3)33-20(31)25-19(24)26(21(32)34-23(4,5)6)13-14-7-9-15(10-8-14)18(30)35-27-16(28)11-12-17(27)29;1-3-8-5-4-7(2)6-8;2*1-3-4-2;/h7,9-10H,11-13H2,1-6H3,(H2,24,25,31);4-6H,2-3H2,1H3;2*1,3-4H2,2H3;/q;+1;;;. The molecule has 4 amide bonds. The molecule has 1 aliphatic heterocycles. The third-order valence-electron chi connectivity index (χ3n) is 8.53. The molecule has 1 saturated heterocycles. The molecule has 15 heteroatoms. The van der Waals surface area contributed by atoms with Gasteiger partial charge in [-0.2, -0.15) is 0 Å². The summed E-state index contributed by atoms with van der Waals surface area (Å²) in [5.41, 5.74) is 5.56. The maximum absolute atomic E-state index is 13.8. The average Bonchev–Trinajstić information content (AvgIpc) is 3.64. The number of nitrogens with two attached hydrogens (primary N) is 1. The Morgan fingerprint density at radius 3 is 2.06 bits per heavy atom. The van der Waals surface area contributed by atoms with E-state index in [4.69, 9.17) is 20.0 Å². The molecule has 0 unspecified atom stereocenters. The van der Waals surface area contributed by atoms with Gasteiger partial charge >= 0.3 is 313 Å². The number of aromatic nitrogens is 2. The summed E-state index contributed by atoms with van der Waals surface area (Å²) in [6.07, 6.45) is 8.20. The van der Waals surface area contributed by atoms with Crippen molar-refractivity contribution < 1.29 is 42.9 Å². The summed E-state index contributed by atoms with van der Waals surface area (Å²) in [5, 5.41) is 0.544. The van der Waals surface area contributed by atoms with Gasteiger partial charge < -0.3 is 0 Å². The van der Waals surface area contributed by atoms with Crippen LogP contribution in [0.5, 0.6) is 0 Å². The molecule has 1 aromatic carbocycles. The van der Waals surface area contributed by atoms with Gasteiger partial charge in [0, 0.05) is 0 Å². The second-order valence-corrected chi connectivity index (χ2v) is 27.9. The van der Waals surface area contributed by atoms with E-state index in [2.05, 4.69) is 47.4 Å². The Balaban J connectivity index is 2.27. The van der Waals surface area contributed by atoms with Gasteiger partial charge in [-0.3, -0.25) is 0 Å². The summed E-state index contributed by atoms with van der Waals surface area (Å²) in [6, 6.07) is 5.12. The predicted octanol–water partition coefficient (Wildman–Crippen LogP) is 5.50. The van der Waals surface area contributed by atoms with Crippen molar-refractivity contribution in [2.45, 2.75) is 139 Å². The number of imide groups is 1. The SMILES string of the molecule is CCC[CH2][Sn]([CH2]CCC)([CH2][n+]1ccn(CC)c1)[c]1cc(C(=O)ON2C(=O)CCC2=O)ccc1CN(C(=O)OC(C)(C)C)C(N)=NC(=O)OC(C)(C)C. The van der Waals surface area contributed by atoms with Gasteiger partial charge in [0.15, 0.2) is 0 Å². The van der Waals surface area contributed by atoms with Gasteiger partial charge in [-0.1, -0.05) is 0 Å². The Bertz CT molecular complexity index is 1620. The van der Waals surface area contributed by atoms with Crippen molar-refractivity contribution >= 4 is 57.9 Å². The Morgan fingerprint density at radius 1 is 0.942 bits per heavy atom. The molecule has 14 nitrogen and oxygen atoms in total. The molecule has 2 aromatic rings. The molecule has 1 aliphatic rings. The number of ether oxygens (including phenoxy) is 2. The van der Waals surface area contributed by atoms with E-state index in [1.807, 2.05) is 12.3 Å². The number of benzene rings is 1. The van der Waals surface area contributed by atoms with Crippen LogP contribution in [0, 0.1) is 0 Å². The number of hydrogen-bond acceptors (Lipinski definition) is 8. The minimum atomic E-state index is -3.72. The summed E-state index contributed by atoms with van der Waals surface area (Å²) in [6.45, 7) is 17.3. The second-order valence-electron chi connectivity index (χ2n) is 15.3. The van der Waals surface area contributed by atoms with Crippen molar-refractivity contribution in [1.82, 2.24) is 14.5 Å². The topological polar surface area (TPSA) is 167 Å². The molecule has 0 bridgehead atoms. The zero-order valence-electron chi connectivity index (χ0n) is 32.3. The molecule has 3 rings (SSSR count). The molecule has 52 heavy (non-hydrogen) atoms. The number of hydroxylamine groups is 2. The Kier molecular flexibility index (Phi) is 14.9. The van der Waals surface area contributed by atoms with Gasteiger partial charge in [0.25, 0.3) is 0 Å². The van der Waals surface area contributed by atoms with Crippen molar-refractivity contribution in [3.63, 3.8) is 0 Å². The molecule has 0 saturated carbocycles. The van der Waals surface area contributed by atoms with Crippen molar-refractivity contribution in [3.8, 4) is 0 Å². The molecule has 1 aromatic heterocycles. The van der Waals surface area contributed by atoms with E-state index in [-0.39, 0.29) is 24.9 Å². The van der Waals surface area contributed by atoms with E-state index < -0.39 is 65.5 Å². The van der Waals surface area contributed by atoms with E-state index in [1.165, 1.54) is 0 Å². The minimum absolute atomic E-state index is 0.0225. The third kappa shape index (κ3) is 12.1. The molecular weight excluding hydrogens is 775 g/mol. The summed E-state index contributed by atoms with van der Waals surface area (Å²) < 4.78 is 19.0. The van der Waals surface area contributed by atoms with Crippen molar-refractivity contribution in [2.24, 2.45) is 10.7 Å². The fourth-order valence-corrected chi connectivity index (χ4v) is 21.8. The van der Waals surface area contributed by atoms with E-state index in [9.17, 15) is 24.0 Å². The molecule has 0 radical (unpaired) electrons.